The van der Waals surface area contributed by atoms with Crippen LogP contribution in [0.4, 0.5) is 5.95 Å². The SMILES string of the molecule is COc1ccc(/C=N\Nc2nc(-c3ccc(C)cc3)c(C#N)c(=O)[nH]2)cc1. The number of nitrogens with one attached hydrogen (secondary N) is 2. The highest BCUT2D eigenvalue weighted by molar-refractivity contribution is 5.80. The number of hydrogen-bond donors (Lipinski definition) is 2. The normalized spacial score (nSPS) is 10.6. The van der Waals surface area contributed by atoms with Crippen LogP contribution in [0.2, 0.25) is 0 Å². The molecule has 0 atom stereocenters. The molecular formula is C20H17N5O2. The van der Waals surface area contributed by atoms with Gasteiger partial charge in [-0.3, -0.25) is 9.78 Å². The Kier molecular flexibility index (Phi) is 5.28. The maximum absolute atomic E-state index is 12.2. The molecule has 7 heteroatoms. The molecule has 0 saturated carbocycles. The Balaban J connectivity index is 1.87. The third-order valence-corrected chi connectivity index (χ3v) is 3.86. The Morgan fingerprint density at radius 3 is 2.52 bits per heavy atom. The molecule has 7 nitrogen and oxygen atoms in total. The van der Waals surface area contributed by atoms with E-state index in [1.54, 1.807) is 13.3 Å². The molecule has 2 aromatic carbocycles. The monoisotopic (exact) mass is 359 g/mol. The van der Waals surface area contributed by atoms with E-state index in [0.29, 0.717) is 11.3 Å². The van der Waals surface area contributed by atoms with E-state index in [1.165, 1.54) is 0 Å². The number of nitrogens with zero attached hydrogens (tertiary/aromatic N) is 3. The highest BCUT2D eigenvalue weighted by Crippen LogP contribution is 2.20. The van der Waals surface area contributed by atoms with Gasteiger partial charge in [-0.05, 0) is 36.8 Å². The van der Waals surface area contributed by atoms with Crippen molar-refractivity contribution in [1.29, 1.82) is 5.26 Å². The number of aromatic nitrogens is 2. The molecule has 0 amide bonds. The molecule has 0 saturated heterocycles. The van der Waals surface area contributed by atoms with Gasteiger partial charge in [0, 0.05) is 5.56 Å². The Hall–Kier alpha value is -3.92. The van der Waals surface area contributed by atoms with Crippen LogP contribution in [0.25, 0.3) is 11.3 Å². The van der Waals surface area contributed by atoms with E-state index in [4.69, 9.17) is 4.74 Å². The number of methoxy groups -OCH3 is 1. The van der Waals surface area contributed by atoms with Crippen molar-refractivity contribution < 1.29 is 4.74 Å². The van der Waals surface area contributed by atoms with Crippen molar-refractivity contribution in [3.8, 4) is 23.1 Å². The third kappa shape index (κ3) is 4.19. The second kappa shape index (κ2) is 7.97. The summed E-state index contributed by atoms with van der Waals surface area (Å²) >= 11 is 0. The number of rotatable bonds is 5. The summed E-state index contributed by atoms with van der Waals surface area (Å²) < 4.78 is 5.10. The lowest BCUT2D eigenvalue weighted by Crippen LogP contribution is -2.16. The Morgan fingerprint density at radius 2 is 1.89 bits per heavy atom. The maximum Gasteiger partial charge on any atom is 0.270 e. The molecule has 0 unspecified atom stereocenters. The van der Waals surface area contributed by atoms with Crippen molar-refractivity contribution in [2.24, 2.45) is 5.10 Å². The van der Waals surface area contributed by atoms with Gasteiger partial charge >= 0.3 is 0 Å². The van der Waals surface area contributed by atoms with E-state index in [-0.39, 0.29) is 11.5 Å². The minimum absolute atomic E-state index is 0.0384. The second-order valence-electron chi connectivity index (χ2n) is 5.76. The van der Waals surface area contributed by atoms with Crippen LogP contribution in [-0.2, 0) is 0 Å². The molecule has 27 heavy (non-hydrogen) atoms. The van der Waals surface area contributed by atoms with Crippen LogP contribution < -0.4 is 15.7 Å². The number of anilines is 1. The Labute approximate surface area is 156 Å². The van der Waals surface area contributed by atoms with Gasteiger partial charge in [-0.25, -0.2) is 10.4 Å². The van der Waals surface area contributed by atoms with Crippen LogP contribution in [0.15, 0.2) is 58.4 Å². The van der Waals surface area contributed by atoms with Crippen molar-refractivity contribution in [1.82, 2.24) is 9.97 Å². The number of benzene rings is 2. The van der Waals surface area contributed by atoms with E-state index in [2.05, 4.69) is 20.5 Å². The van der Waals surface area contributed by atoms with Crippen LogP contribution in [0.1, 0.15) is 16.7 Å². The molecule has 0 aliphatic heterocycles. The summed E-state index contributed by atoms with van der Waals surface area (Å²) in [6, 6.07) is 16.7. The topological polar surface area (TPSA) is 103 Å². The summed E-state index contributed by atoms with van der Waals surface area (Å²) in [6.07, 6.45) is 1.59. The number of aryl methyl sites for hydroxylation is 1. The van der Waals surface area contributed by atoms with Gasteiger partial charge in [0.15, 0.2) is 0 Å². The predicted molar refractivity (Wildman–Crippen MR) is 104 cm³/mol. The van der Waals surface area contributed by atoms with Crippen molar-refractivity contribution in [2.75, 3.05) is 12.5 Å². The van der Waals surface area contributed by atoms with E-state index in [0.717, 1.165) is 16.9 Å². The van der Waals surface area contributed by atoms with E-state index < -0.39 is 5.56 Å². The fourth-order valence-electron chi connectivity index (χ4n) is 2.41. The molecular weight excluding hydrogens is 342 g/mol. The zero-order chi connectivity index (χ0) is 19.2. The molecule has 1 aromatic heterocycles. The fraction of sp³-hybridized carbons (Fsp3) is 0.100. The van der Waals surface area contributed by atoms with Crippen LogP contribution in [0.3, 0.4) is 0 Å². The first kappa shape index (κ1) is 17.9. The average Bonchev–Trinajstić information content (AvgIpc) is 2.69. The molecule has 2 N–H and O–H groups in total. The smallest absolute Gasteiger partial charge is 0.270 e. The first-order chi connectivity index (χ1) is 13.1. The molecule has 134 valence electrons. The van der Waals surface area contributed by atoms with Gasteiger partial charge < -0.3 is 4.74 Å². The second-order valence-corrected chi connectivity index (χ2v) is 5.76. The lowest BCUT2D eigenvalue weighted by atomic mass is 10.1. The van der Waals surface area contributed by atoms with Crippen LogP contribution in [-0.4, -0.2) is 23.3 Å². The van der Waals surface area contributed by atoms with Crippen molar-refractivity contribution in [3.63, 3.8) is 0 Å². The minimum Gasteiger partial charge on any atom is -0.497 e. The highest BCUT2D eigenvalue weighted by atomic mass is 16.5. The van der Waals surface area contributed by atoms with Crippen LogP contribution >= 0.6 is 0 Å². The van der Waals surface area contributed by atoms with Gasteiger partial charge in [0.05, 0.1) is 19.0 Å². The standard InChI is InChI=1S/C20H17N5O2/c1-13-3-7-15(8-4-13)18-17(11-21)19(26)24-20(23-18)25-22-12-14-5-9-16(27-2)10-6-14/h3-10,12H,1-2H3,(H2,23,24,25,26)/b22-12-. The molecule has 0 aliphatic carbocycles. The number of hydrazone groups is 1. The van der Waals surface area contributed by atoms with Gasteiger partial charge in [0.1, 0.15) is 17.4 Å². The fourth-order valence-corrected chi connectivity index (χ4v) is 2.41. The summed E-state index contributed by atoms with van der Waals surface area (Å²) in [5, 5.41) is 13.4. The van der Waals surface area contributed by atoms with Gasteiger partial charge in [-0.1, -0.05) is 29.8 Å². The largest absolute Gasteiger partial charge is 0.497 e. The third-order valence-electron chi connectivity index (χ3n) is 3.86. The Bertz CT molecular complexity index is 1060. The average molecular weight is 359 g/mol. The summed E-state index contributed by atoms with van der Waals surface area (Å²) in [5.41, 5.74) is 5.05. The molecule has 0 bridgehead atoms. The molecule has 0 radical (unpaired) electrons. The van der Waals surface area contributed by atoms with Crippen molar-refractivity contribution in [3.05, 3.63) is 75.6 Å². The molecule has 0 fully saturated rings. The van der Waals surface area contributed by atoms with Gasteiger partial charge in [-0.2, -0.15) is 10.4 Å². The lowest BCUT2D eigenvalue weighted by Gasteiger charge is -2.06. The molecule has 3 rings (SSSR count). The summed E-state index contributed by atoms with van der Waals surface area (Å²) in [6.45, 7) is 1.96. The number of ether oxygens (including phenoxy) is 1. The molecule has 1 heterocycles. The molecule has 3 aromatic rings. The van der Waals surface area contributed by atoms with Crippen molar-refractivity contribution >= 4 is 12.2 Å². The summed E-state index contributed by atoms with van der Waals surface area (Å²) in [7, 11) is 1.60. The lowest BCUT2D eigenvalue weighted by molar-refractivity contribution is 0.415. The number of H-pyrrole nitrogens is 1. The van der Waals surface area contributed by atoms with Gasteiger partial charge in [0.25, 0.3) is 5.56 Å². The zero-order valence-corrected chi connectivity index (χ0v) is 14.9. The zero-order valence-electron chi connectivity index (χ0n) is 14.9. The summed E-state index contributed by atoms with van der Waals surface area (Å²) in [4.78, 5) is 19.1. The van der Waals surface area contributed by atoms with Crippen molar-refractivity contribution in [2.45, 2.75) is 6.92 Å². The van der Waals surface area contributed by atoms with Gasteiger partial charge in [-0.15, -0.1) is 0 Å². The number of hydrogen-bond acceptors (Lipinski definition) is 6. The first-order valence-corrected chi connectivity index (χ1v) is 8.15. The van der Waals surface area contributed by atoms with E-state index in [9.17, 15) is 10.1 Å². The molecule has 0 spiro atoms. The Morgan fingerprint density at radius 1 is 1.19 bits per heavy atom. The minimum atomic E-state index is -0.523. The number of nitriles is 1. The first-order valence-electron chi connectivity index (χ1n) is 8.15. The van der Waals surface area contributed by atoms with E-state index in [1.807, 2.05) is 61.5 Å². The number of aromatic amines is 1. The van der Waals surface area contributed by atoms with E-state index >= 15 is 0 Å². The quantitative estimate of drug-likeness (QED) is 0.538. The highest BCUT2D eigenvalue weighted by Gasteiger charge is 2.13. The van der Waals surface area contributed by atoms with Crippen LogP contribution in [0.5, 0.6) is 5.75 Å². The maximum atomic E-state index is 12.2. The van der Waals surface area contributed by atoms with Crippen LogP contribution in [0, 0.1) is 18.3 Å². The summed E-state index contributed by atoms with van der Waals surface area (Å²) in [5.74, 6) is 0.903. The van der Waals surface area contributed by atoms with Gasteiger partial charge in [0.2, 0.25) is 5.95 Å². The molecule has 0 aliphatic rings. The predicted octanol–water partition coefficient (Wildman–Crippen LogP) is 3.07.